The Labute approximate surface area is 172 Å². The van der Waals surface area contributed by atoms with Crippen LogP contribution >= 0.6 is 0 Å². The van der Waals surface area contributed by atoms with Crippen molar-refractivity contribution in [1.29, 1.82) is 0 Å². The highest BCUT2D eigenvalue weighted by molar-refractivity contribution is 7.89. The van der Waals surface area contributed by atoms with Gasteiger partial charge in [0.1, 0.15) is 0 Å². The number of sulfonamides is 1. The first kappa shape index (κ1) is 20.3. The Kier molecular flexibility index (Phi) is 5.88. The Hall–Kier alpha value is -1.99. The summed E-state index contributed by atoms with van der Waals surface area (Å²) in [4.78, 5) is 19.3. The first-order chi connectivity index (χ1) is 14.0. The number of fused-ring (bicyclic) bond motifs is 1. The number of hydrogen-bond donors (Lipinski definition) is 1. The van der Waals surface area contributed by atoms with Crippen molar-refractivity contribution in [2.24, 2.45) is 5.92 Å². The molecule has 0 unspecified atom stereocenters. The third-order valence-electron chi connectivity index (χ3n) is 6.30. The average molecular weight is 416 g/mol. The molecule has 0 radical (unpaired) electrons. The summed E-state index contributed by atoms with van der Waals surface area (Å²) in [5.41, 5.74) is 1.66. The van der Waals surface area contributed by atoms with E-state index in [0.29, 0.717) is 36.8 Å². The summed E-state index contributed by atoms with van der Waals surface area (Å²) in [5, 5.41) is 0.643. The fraction of sp³-hybridized carbons (Fsp3) is 0.545. The molecule has 29 heavy (non-hydrogen) atoms. The normalized spacial score (nSPS) is 19.6. The van der Waals surface area contributed by atoms with Crippen LogP contribution in [0.1, 0.15) is 50.5 Å². The van der Waals surface area contributed by atoms with Gasteiger partial charge in [-0.3, -0.25) is 9.78 Å². The lowest BCUT2D eigenvalue weighted by Crippen LogP contribution is -2.48. The predicted molar refractivity (Wildman–Crippen MR) is 113 cm³/mol. The summed E-state index contributed by atoms with van der Waals surface area (Å²) in [6.45, 7) is 3.18. The maximum Gasteiger partial charge on any atom is 0.241 e. The number of pyridine rings is 1. The van der Waals surface area contributed by atoms with Gasteiger partial charge in [-0.1, -0.05) is 25.3 Å². The van der Waals surface area contributed by atoms with E-state index in [-0.39, 0.29) is 22.8 Å². The molecule has 0 atom stereocenters. The summed E-state index contributed by atoms with van der Waals surface area (Å²) >= 11 is 0. The van der Waals surface area contributed by atoms with E-state index in [0.717, 1.165) is 31.2 Å². The van der Waals surface area contributed by atoms with E-state index < -0.39 is 10.0 Å². The van der Waals surface area contributed by atoms with Crippen LogP contribution in [0.3, 0.4) is 0 Å². The van der Waals surface area contributed by atoms with Gasteiger partial charge in [0, 0.05) is 36.6 Å². The zero-order valence-electron chi connectivity index (χ0n) is 16.9. The molecular formula is C22H29N3O3S. The SMILES string of the molecule is Cc1ccc(S(=O)(=O)NC2CCN(C(=O)C3CCCCC3)CC2)c2cccnc12. The molecule has 1 saturated heterocycles. The van der Waals surface area contributed by atoms with Crippen LogP contribution in [0.25, 0.3) is 10.9 Å². The standard InChI is InChI=1S/C22H29N3O3S/c1-16-9-10-20(19-8-5-13-23-21(16)19)29(27,28)24-18-11-14-25(15-12-18)22(26)17-6-3-2-4-7-17/h5,8-10,13,17-18,24H,2-4,6-7,11-12,14-15H2,1H3. The van der Waals surface area contributed by atoms with Crippen LogP contribution in [0.4, 0.5) is 0 Å². The number of aryl methyl sites for hydroxylation is 1. The number of amides is 1. The molecule has 7 heteroatoms. The molecule has 2 fully saturated rings. The second-order valence-electron chi connectivity index (χ2n) is 8.34. The molecule has 1 aromatic heterocycles. The monoisotopic (exact) mass is 415 g/mol. The molecule has 6 nitrogen and oxygen atoms in total. The van der Waals surface area contributed by atoms with Gasteiger partial charge in [0.05, 0.1) is 10.4 Å². The van der Waals surface area contributed by atoms with Crippen molar-refractivity contribution in [3.63, 3.8) is 0 Å². The summed E-state index contributed by atoms with van der Waals surface area (Å²) in [6.07, 6.45) is 8.51. The number of aromatic nitrogens is 1. The molecule has 1 aliphatic carbocycles. The Bertz CT molecular complexity index is 992. The minimum absolute atomic E-state index is 0.150. The van der Waals surface area contributed by atoms with E-state index in [9.17, 15) is 13.2 Å². The van der Waals surface area contributed by atoms with E-state index in [1.54, 1.807) is 30.5 Å². The average Bonchev–Trinajstić information content (AvgIpc) is 2.74. The van der Waals surface area contributed by atoms with E-state index in [1.807, 2.05) is 11.8 Å². The molecule has 1 N–H and O–H groups in total. The van der Waals surface area contributed by atoms with Gasteiger partial charge in [-0.2, -0.15) is 0 Å². The minimum atomic E-state index is -3.65. The van der Waals surface area contributed by atoms with Crippen LogP contribution in [0, 0.1) is 12.8 Å². The van der Waals surface area contributed by atoms with Gasteiger partial charge in [0.25, 0.3) is 0 Å². The lowest BCUT2D eigenvalue weighted by molar-refractivity contribution is -0.137. The Morgan fingerprint density at radius 1 is 1.07 bits per heavy atom. The largest absolute Gasteiger partial charge is 0.342 e. The van der Waals surface area contributed by atoms with E-state index in [2.05, 4.69) is 9.71 Å². The highest BCUT2D eigenvalue weighted by Crippen LogP contribution is 2.28. The number of carbonyl (C=O) groups is 1. The van der Waals surface area contributed by atoms with Gasteiger partial charge in [-0.25, -0.2) is 13.1 Å². The molecule has 2 heterocycles. The van der Waals surface area contributed by atoms with E-state index in [4.69, 9.17) is 0 Å². The number of piperidine rings is 1. The number of benzene rings is 1. The second kappa shape index (κ2) is 8.40. The van der Waals surface area contributed by atoms with E-state index >= 15 is 0 Å². The van der Waals surface area contributed by atoms with Crippen molar-refractivity contribution in [3.8, 4) is 0 Å². The van der Waals surface area contributed by atoms with Gasteiger partial charge >= 0.3 is 0 Å². The summed E-state index contributed by atoms with van der Waals surface area (Å²) < 4.78 is 29.0. The maximum absolute atomic E-state index is 13.1. The fourth-order valence-corrected chi connectivity index (χ4v) is 6.13. The van der Waals surface area contributed by atoms with Crippen LogP contribution in [0.15, 0.2) is 35.4 Å². The molecule has 156 valence electrons. The third-order valence-corrected chi connectivity index (χ3v) is 7.88. The molecule has 2 aliphatic rings. The topological polar surface area (TPSA) is 79.4 Å². The molecule has 0 bridgehead atoms. The van der Waals surface area contributed by atoms with Crippen molar-refractivity contribution >= 4 is 26.8 Å². The molecule has 1 saturated carbocycles. The zero-order chi connectivity index (χ0) is 20.4. The van der Waals surface area contributed by atoms with Crippen LogP contribution in [0.2, 0.25) is 0 Å². The summed E-state index contributed by atoms with van der Waals surface area (Å²) in [6, 6.07) is 6.87. The molecule has 1 aromatic carbocycles. The number of nitrogens with zero attached hydrogens (tertiary/aromatic N) is 2. The zero-order valence-corrected chi connectivity index (χ0v) is 17.7. The van der Waals surface area contributed by atoms with Gasteiger partial charge in [0.15, 0.2) is 0 Å². The predicted octanol–water partition coefficient (Wildman–Crippen LogP) is 3.39. The van der Waals surface area contributed by atoms with Crippen LogP contribution in [-0.2, 0) is 14.8 Å². The number of rotatable bonds is 4. The van der Waals surface area contributed by atoms with Crippen LogP contribution < -0.4 is 4.72 Å². The van der Waals surface area contributed by atoms with Crippen molar-refractivity contribution in [2.75, 3.05) is 13.1 Å². The van der Waals surface area contributed by atoms with Gasteiger partial charge in [-0.15, -0.1) is 0 Å². The van der Waals surface area contributed by atoms with Gasteiger partial charge in [-0.05, 0) is 56.4 Å². The lowest BCUT2D eigenvalue weighted by atomic mass is 9.87. The third kappa shape index (κ3) is 4.31. The number of hydrogen-bond acceptors (Lipinski definition) is 4. The molecule has 0 spiro atoms. The van der Waals surface area contributed by atoms with Crippen molar-refractivity contribution in [3.05, 3.63) is 36.0 Å². The Morgan fingerprint density at radius 3 is 2.52 bits per heavy atom. The molecule has 1 aliphatic heterocycles. The minimum Gasteiger partial charge on any atom is -0.342 e. The second-order valence-corrected chi connectivity index (χ2v) is 10.0. The molecule has 1 amide bonds. The van der Waals surface area contributed by atoms with Crippen molar-refractivity contribution in [2.45, 2.75) is 62.8 Å². The number of carbonyl (C=O) groups excluding carboxylic acids is 1. The quantitative estimate of drug-likeness (QED) is 0.830. The van der Waals surface area contributed by atoms with Crippen molar-refractivity contribution in [1.82, 2.24) is 14.6 Å². The van der Waals surface area contributed by atoms with Crippen molar-refractivity contribution < 1.29 is 13.2 Å². The maximum atomic E-state index is 13.1. The Morgan fingerprint density at radius 2 is 1.79 bits per heavy atom. The highest BCUT2D eigenvalue weighted by Gasteiger charge is 2.31. The summed E-state index contributed by atoms with van der Waals surface area (Å²) in [7, 11) is -3.65. The van der Waals surface area contributed by atoms with Gasteiger partial charge in [0.2, 0.25) is 15.9 Å². The molecule has 2 aromatic rings. The Balaban J connectivity index is 1.43. The fourth-order valence-electron chi connectivity index (χ4n) is 4.63. The van der Waals surface area contributed by atoms with E-state index in [1.165, 1.54) is 6.42 Å². The summed E-state index contributed by atoms with van der Waals surface area (Å²) in [5.74, 6) is 0.435. The lowest BCUT2D eigenvalue weighted by Gasteiger charge is -2.35. The highest BCUT2D eigenvalue weighted by atomic mass is 32.2. The first-order valence-electron chi connectivity index (χ1n) is 10.6. The van der Waals surface area contributed by atoms with Gasteiger partial charge < -0.3 is 4.90 Å². The number of nitrogens with one attached hydrogen (secondary N) is 1. The van der Waals surface area contributed by atoms with Crippen LogP contribution in [-0.4, -0.2) is 43.3 Å². The van der Waals surface area contributed by atoms with Crippen LogP contribution in [0.5, 0.6) is 0 Å². The molecular weight excluding hydrogens is 386 g/mol. The smallest absolute Gasteiger partial charge is 0.241 e. The molecule has 4 rings (SSSR count). The number of likely N-dealkylation sites (tertiary alicyclic amines) is 1. The first-order valence-corrected chi connectivity index (χ1v) is 12.1.